The summed E-state index contributed by atoms with van der Waals surface area (Å²) in [5.74, 6) is -1.07. The van der Waals surface area contributed by atoms with Crippen LogP contribution in [0.25, 0.3) is 0 Å². The van der Waals surface area contributed by atoms with E-state index in [0.717, 1.165) is 6.07 Å². The van der Waals surface area contributed by atoms with Crippen molar-refractivity contribution in [2.45, 2.75) is 6.18 Å². The van der Waals surface area contributed by atoms with Gasteiger partial charge in [0.15, 0.2) is 0 Å². The molecule has 0 heterocycles. The quantitative estimate of drug-likeness (QED) is 0.466. The molecule has 0 nitrogen and oxygen atoms in total. The van der Waals surface area contributed by atoms with E-state index in [1.165, 1.54) is 0 Å². The van der Waals surface area contributed by atoms with Gasteiger partial charge in [-0.05, 0) is 12.1 Å². The van der Waals surface area contributed by atoms with Crippen molar-refractivity contribution < 1.29 is 17.6 Å². The van der Waals surface area contributed by atoms with Gasteiger partial charge in [-0.3, -0.25) is 0 Å². The van der Waals surface area contributed by atoms with Gasteiger partial charge in [0.2, 0.25) is 0 Å². The summed E-state index contributed by atoms with van der Waals surface area (Å²) in [6, 6.07) is 1.02. The maximum Gasteiger partial charge on any atom is 0.418 e. The molecule has 0 aromatic heterocycles. The van der Waals surface area contributed by atoms with Crippen molar-refractivity contribution in [3.05, 3.63) is 33.6 Å². The standard InChI is InChI=1S/C7H2Cl2F4/c8-5-2-3(10)1-4(6(5)9)7(11,12)13/h1-2H. The lowest BCUT2D eigenvalue weighted by molar-refractivity contribution is -0.137. The Morgan fingerprint density at radius 3 is 2.08 bits per heavy atom. The first-order valence-electron chi connectivity index (χ1n) is 3.04. The maximum absolute atomic E-state index is 12.5. The summed E-state index contributed by atoms with van der Waals surface area (Å²) >= 11 is 10.5. The lowest BCUT2D eigenvalue weighted by Gasteiger charge is -2.09. The zero-order valence-electron chi connectivity index (χ0n) is 5.92. The van der Waals surface area contributed by atoms with Gasteiger partial charge in [0, 0.05) is 0 Å². The zero-order chi connectivity index (χ0) is 10.2. The second-order valence-corrected chi connectivity index (χ2v) is 3.03. The Morgan fingerprint density at radius 1 is 1.08 bits per heavy atom. The number of hydrogen-bond donors (Lipinski definition) is 0. The van der Waals surface area contributed by atoms with Gasteiger partial charge >= 0.3 is 6.18 Å². The van der Waals surface area contributed by atoms with E-state index in [4.69, 9.17) is 23.2 Å². The van der Waals surface area contributed by atoms with E-state index in [9.17, 15) is 17.6 Å². The lowest BCUT2D eigenvalue weighted by Crippen LogP contribution is -2.06. The molecule has 0 aliphatic carbocycles. The van der Waals surface area contributed by atoms with Crippen molar-refractivity contribution >= 4 is 23.2 Å². The van der Waals surface area contributed by atoms with Crippen molar-refractivity contribution in [3.8, 4) is 0 Å². The van der Waals surface area contributed by atoms with Crippen LogP contribution in [0.5, 0.6) is 0 Å². The first-order chi connectivity index (χ1) is 5.82. The highest BCUT2D eigenvalue weighted by Crippen LogP contribution is 2.38. The van der Waals surface area contributed by atoms with Gasteiger partial charge < -0.3 is 0 Å². The summed E-state index contributed by atoms with van der Waals surface area (Å²) in [6.07, 6.45) is -4.69. The van der Waals surface area contributed by atoms with E-state index in [1.54, 1.807) is 0 Å². The second-order valence-electron chi connectivity index (χ2n) is 2.25. The third-order valence-corrected chi connectivity index (χ3v) is 2.10. The fourth-order valence-electron chi connectivity index (χ4n) is 0.762. The van der Waals surface area contributed by atoms with Crippen molar-refractivity contribution in [1.82, 2.24) is 0 Å². The summed E-state index contributed by atoms with van der Waals surface area (Å²) in [5, 5.41) is -1.13. The van der Waals surface area contributed by atoms with Crippen LogP contribution in [-0.2, 0) is 6.18 Å². The fourth-order valence-corrected chi connectivity index (χ4v) is 1.18. The third kappa shape index (κ3) is 2.25. The number of benzene rings is 1. The summed E-state index contributed by atoms with van der Waals surface area (Å²) in [6.45, 7) is 0. The molecule has 0 saturated carbocycles. The Balaban J connectivity index is 3.37. The molecule has 0 N–H and O–H groups in total. The van der Waals surface area contributed by atoms with Gasteiger partial charge in [0.25, 0.3) is 0 Å². The van der Waals surface area contributed by atoms with Crippen LogP contribution in [0.3, 0.4) is 0 Å². The number of alkyl halides is 3. The van der Waals surface area contributed by atoms with Crippen LogP contribution in [-0.4, -0.2) is 0 Å². The molecule has 72 valence electrons. The normalized spacial score (nSPS) is 11.8. The van der Waals surface area contributed by atoms with Crippen LogP contribution >= 0.6 is 23.2 Å². The number of rotatable bonds is 0. The van der Waals surface area contributed by atoms with E-state index in [1.807, 2.05) is 0 Å². The van der Waals surface area contributed by atoms with Crippen LogP contribution in [0, 0.1) is 5.82 Å². The molecule has 13 heavy (non-hydrogen) atoms. The highest BCUT2D eigenvalue weighted by atomic mass is 35.5. The molecule has 1 aromatic rings. The Morgan fingerprint density at radius 2 is 1.62 bits per heavy atom. The summed E-state index contributed by atoms with van der Waals surface area (Å²) in [4.78, 5) is 0. The summed E-state index contributed by atoms with van der Waals surface area (Å²) in [5.41, 5.74) is -1.26. The highest BCUT2D eigenvalue weighted by Gasteiger charge is 2.34. The molecule has 1 aromatic carbocycles. The Kier molecular flexibility index (Phi) is 2.73. The molecule has 0 unspecified atom stereocenters. The molecule has 6 heteroatoms. The van der Waals surface area contributed by atoms with E-state index < -0.39 is 27.6 Å². The van der Waals surface area contributed by atoms with Gasteiger partial charge in [-0.15, -0.1) is 0 Å². The SMILES string of the molecule is Fc1cc(Cl)c(Cl)c(C(F)(F)F)c1. The minimum atomic E-state index is -4.69. The molecular formula is C7H2Cl2F4. The minimum Gasteiger partial charge on any atom is -0.207 e. The van der Waals surface area contributed by atoms with Crippen molar-refractivity contribution in [1.29, 1.82) is 0 Å². The Hall–Kier alpha value is -0.480. The summed E-state index contributed by atoms with van der Waals surface area (Å²) < 4.78 is 48.8. The Labute approximate surface area is 81.1 Å². The van der Waals surface area contributed by atoms with E-state index in [-0.39, 0.29) is 0 Å². The molecule has 0 saturated heterocycles. The van der Waals surface area contributed by atoms with E-state index in [0.29, 0.717) is 6.07 Å². The first-order valence-corrected chi connectivity index (χ1v) is 3.79. The van der Waals surface area contributed by atoms with Crippen LogP contribution in [0.4, 0.5) is 17.6 Å². The average molecular weight is 233 g/mol. The molecule has 0 aliphatic rings. The van der Waals surface area contributed by atoms with Crippen molar-refractivity contribution in [3.63, 3.8) is 0 Å². The molecule has 0 amide bonds. The molecule has 0 fully saturated rings. The largest absolute Gasteiger partial charge is 0.418 e. The molecule has 0 bridgehead atoms. The van der Waals surface area contributed by atoms with Crippen LogP contribution < -0.4 is 0 Å². The van der Waals surface area contributed by atoms with Gasteiger partial charge in [-0.25, -0.2) is 4.39 Å². The van der Waals surface area contributed by atoms with E-state index >= 15 is 0 Å². The molecule has 0 radical (unpaired) electrons. The second kappa shape index (κ2) is 3.35. The van der Waals surface area contributed by atoms with Gasteiger partial charge in [0.05, 0.1) is 15.6 Å². The Bertz CT molecular complexity index is 332. The highest BCUT2D eigenvalue weighted by molar-refractivity contribution is 6.42. The van der Waals surface area contributed by atoms with Crippen LogP contribution in [0.15, 0.2) is 12.1 Å². The molecular weight excluding hydrogens is 231 g/mol. The minimum absolute atomic E-state index is 0.300. The molecule has 0 spiro atoms. The van der Waals surface area contributed by atoms with Gasteiger partial charge in [-0.2, -0.15) is 13.2 Å². The number of halogens is 6. The number of hydrogen-bond acceptors (Lipinski definition) is 0. The topological polar surface area (TPSA) is 0 Å². The maximum atomic E-state index is 12.5. The predicted octanol–water partition coefficient (Wildman–Crippen LogP) is 4.15. The van der Waals surface area contributed by atoms with Crippen LogP contribution in [0.1, 0.15) is 5.56 Å². The first kappa shape index (κ1) is 10.6. The van der Waals surface area contributed by atoms with Crippen molar-refractivity contribution in [2.75, 3.05) is 0 Å². The smallest absolute Gasteiger partial charge is 0.207 e. The lowest BCUT2D eigenvalue weighted by atomic mass is 10.2. The fraction of sp³-hybridized carbons (Fsp3) is 0.143. The summed E-state index contributed by atoms with van der Waals surface area (Å²) in [7, 11) is 0. The molecule has 0 atom stereocenters. The average Bonchev–Trinajstić information content (AvgIpc) is 1.94. The third-order valence-electron chi connectivity index (χ3n) is 1.30. The van der Waals surface area contributed by atoms with Gasteiger partial charge in [0.1, 0.15) is 5.82 Å². The predicted molar refractivity (Wildman–Crippen MR) is 41.4 cm³/mol. The zero-order valence-corrected chi connectivity index (χ0v) is 7.43. The van der Waals surface area contributed by atoms with Crippen LogP contribution in [0.2, 0.25) is 10.0 Å². The molecule has 1 rings (SSSR count). The van der Waals surface area contributed by atoms with Gasteiger partial charge in [-0.1, -0.05) is 23.2 Å². The monoisotopic (exact) mass is 232 g/mol. The van der Waals surface area contributed by atoms with Crippen molar-refractivity contribution in [2.24, 2.45) is 0 Å². The van der Waals surface area contributed by atoms with E-state index in [2.05, 4.69) is 0 Å². The molecule has 0 aliphatic heterocycles.